The molecule has 0 radical (unpaired) electrons. The monoisotopic (exact) mass is 384 g/mol. The number of aromatic nitrogens is 4. The summed E-state index contributed by atoms with van der Waals surface area (Å²) in [5.74, 6) is -0.364. The van der Waals surface area contributed by atoms with Gasteiger partial charge in [0.2, 0.25) is 5.91 Å². The zero-order valence-electron chi connectivity index (χ0n) is 12.8. The average molecular weight is 385 g/mol. The first-order valence-electron chi connectivity index (χ1n) is 7.08. The van der Waals surface area contributed by atoms with Crippen LogP contribution in [0.4, 0.5) is 5.82 Å². The number of hydrogen-bond donors (Lipinski definition) is 1. The molecule has 0 atom stereocenters. The maximum atomic E-state index is 11.9. The molecule has 0 aliphatic rings. The predicted octanol–water partition coefficient (Wildman–Crippen LogP) is 1.79. The van der Waals surface area contributed by atoms with Crippen molar-refractivity contribution in [1.29, 1.82) is 0 Å². The Bertz CT molecular complexity index is 723. The normalized spacial score (nSPS) is 10.7. The molecule has 23 heavy (non-hydrogen) atoms. The summed E-state index contributed by atoms with van der Waals surface area (Å²) >= 11 is 3.40. The van der Waals surface area contributed by atoms with Gasteiger partial charge in [-0.1, -0.05) is 0 Å². The van der Waals surface area contributed by atoms with E-state index in [0.717, 1.165) is 10.2 Å². The molecule has 1 N–H and O–H groups in total. The number of nitrogens with zero attached hydrogens (tertiary/aromatic N) is 5. The molecule has 10 heteroatoms. The van der Waals surface area contributed by atoms with Gasteiger partial charge in [-0.2, -0.15) is 9.78 Å². The molecule has 0 fully saturated rings. The number of carbonyl (C=O) groups excluding carboxylic acids is 1. The Balaban J connectivity index is 1.88. The second-order valence-corrected chi connectivity index (χ2v) is 5.76. The van der Waals surface area contributed by atoms with E-state index >= 15 is 0 Å². The highest BCUT2D eigenvalue weighted by Crippen LogP contribution is 2.15. The van der Waals surface area contributed by atoms with Gasteiger partial charge >= 0.3 is 5.82 Å². The first-order chi connectivity index (χ1) is 10.9. The van der Waals surface area contributed by atoms with Crippen molar-refractivity contribution < 1.29 is 9.72 Å². The molecule has 0 bridgehead atoms. The number of amides is 1. The third kappa shape index (κ3) is 4.15. The molecule has 9 nitrogen and oxygen atoms in total. The van der Waals surface area contributed by atoms with Crippen molar-refractivity contribution in [3.05, 3.63) is 38.2 Å². The molecule has 2 heterocycles. The van der Waals surface area contributed by atoms with Crippen LogP contribution >= 0.6 is 15.9 Å². The largest absolute Gasteiger partial charge is 0.390 e. The summed E-state index contributed by atoms with van der Waals surface area (Å²) in [6.07, 6.45) is 1.88. The molecule has 1 amide bonds. The van der Waals surface area contributed by atoms with Crippen LogP contribution in [0.25, 0.3) is 0 Å². The zero-order chi connectivity index (χ0) is 17.0. The Labute approximate surface area is 140 Å². The van der Waals surface area contributed by atoms with Gasteiger partial charge < -0.3 is 15.4 Å². The molecule has 0 aromatic carbocycles. The number of halogens is 1. The lowest BCUT2D eigenvalue weighted by molar-refractivity contribution is -0.389. The second-order valence-electron chi connectivity index (χ2n) is 4.91. The molecule has 2 rings (SSSR count). The van der Waals surface area contributed by atoms with Crippen molar-refractivity contribution in [3.8, 4) is 0 Å². The second kappa shape index (κ2) is 7.36. The van der Waals surface area contributed by atoms with Crippen LogP contribution in [0.2, 0.25) is 0 Å². The van der Waals surface area contributed by atoms with Crippen molar-refractivity contribution in [2.24, 2.45) is 0 Å². The van der Waals surface area contributed by atoms with E-state index in [0.29, 0.717) is 25.3 Å². The SMILES string of the molecule is CCn1ncc(Br)c1CNC(=O)CCn1nc([N+](=O)[O-])cc1C. The molecule has 0 unspecified atom stereocenters. The molecule has 0 aliphatic carbocycles. The van der Waals surface area contributed by atoms with Crippen molar-refractivity contribution in [2.45, 2.75) is 39.9 Å². The summed E-state index contributed by atoms with van der Waals surface area (Å²) in [5, 5.41) is 21.5. The van der Waals surface area contributed by atoms with Crippen molar-refractivity contribution in [1.82, 2.24) is 24.9 Å². The number of nitrogens with one attached hydrogen (secondary N) is 1. The molecular weight excluding hydrogens is 368 g/mol. The summed E-state index contributed by atoms with van der Waals surface area (Å²) in [4.78, 5) is 22.1. The van der Waals surface area contributed by atoms with E-state index in [1.54, 1.807) is 17.8 Å². The lowest BCUT2D eigenvalue weighted by Crippen LogP contribution is -2.25. The van der Waals surface area contributed by atoms with E-state index in [2.05, 4.69) is 31.4 Å². The standard InChI is InChI=1S/C13H17BrN6O3/c1-3-18-11(10(14)7-16-18)8-15-13(21)4-5-19-9(2)6-12(17-19)20(22)23/h6-7H,3-5,8H2,1-2H3,(H,15,21). The van der Waals surface area contributed by atoms with E-state index in [-0.39, 0.29) is 18.1 Å². The molecule has 2 aromatic heterocycles. The molecule has 0 saturated heterocycles. The lowest BCUT2D eigenvalue weighted by Gasteiger charge is -2.07. The summed E-state index contributed by atoms with van der Waals surface area (Å²) in [7, 11) is 0. The number of nitro groups is 1. The van der Waals surface area contributed by atoms with Crippen LogP contribution < -0.4 is 5.32 Å². The number of hydrogen-bond acceptors (Lipinski definition) is 5. The van der Waals surface area contributed by atoms with E-state index in [1.807, 2.05) is 6.92 Å². The van der Waals surface area contributed by atoms with Crippen LogP contribution in [0.1, 0.15) is 24.7 Å². The number of carbonyl (C=O) groups is 1. The van der Waals surface area contributed by atoms with Crippen LogP contribution in [0.3, 0.4) is 0 Å². The fourth-order valence-corrected chi connectivity index (χ4v) is 2.56. The predicted molar refractivity (Wildman–Crippen MR) is 85.7 cm³/mol. The number of rotatable bonds is 7. The lowest BCUT2D eigenvalue weighted by atomic mass is 10.3. The number of aryl methyl sites for hydroxylation is 3. The van der Waals surface area contributed by atoms with Gasteiger partial charge in [-0.3, -0.25) is 9.48 Å². The minimum Gasteiger partial charge on any atom is -0.358 e. The quantitative estimate of drug-likeness (QED) is 0.578. The highest BCUT2D eigenvalue weighted by Gasteiger charge is 2.16. The molecule has 0 saturated carbocycles. The summed E-state index contributed by atoms with van der Waals surface area (Å²) in [6, 6.07) is 1.38. The Morgan fingerprint density at radius 2 is 2.22 bits per heavy atom. The first kappa shape index (κ1) is 17.1. The fraction of sp³-hybridized carbons (Fsp3) is 0.462. The third-order valence-electron chi connectivity index (χ3n) is 3.36. The highest BCUT2D eigenvalue weighted by molar-refractivity contribution is 9.10. The molecule has 0 spiro atoms. The summed E-state index contributed by atoms with van der Waals surface area (Å²) < 4.78 is 4.10. The van der Waals surface area contributed by atoms with Crippen molar-refractivity contribution in [2.75, 3.05) is 0 Å². The smallest absolute Gasteiger partial charge is 0.358 e. The van der Waals surface area contributed by atoms with Crippen LogP contribution in [-0.2, 0) is 24.4 Å². The van der Waals surface area contributed by atoms with Crippen LogP contribution in [0.5, 0.6) is 0 Å². The van der Waals surface area contributed by atoms with Gasteiger partial charge in [0.05, 0.1) is 46.3 Å². The molecular formula is C13H17BrN6O3. The maximum Gasteiger partial charge on any atom is 0.390 e. The van der Waals surface area contributed by atoms with Gasteiger partial charge in [-0.15, -0.1) is 0 Å². The van der Waals surface area contributed by atoms with Gasteiger partial charge in [0.1, 0.15) is 0 Å². The summed E-state index contributed by atoms with van der Waals surface area (Å²) in [6.45, 7) is 5.06. The summed E-state index contributed by atoms with van der Waals surface area (Å²) in [5.41, 5.74) is 1.54. The van der Waals surface area contributed by atoms with Gasteiger partial charge in [-0.05, 0) is 34.7 Å². The molecule has 2 aromatic rings. The Morgan fingerprint density at radius 3 is 2.83 bits per heavy atom. The van der Waals surface area contributed by atoms with E-state index < -0.39 is 4.92 Å². The van der Waals surface area contributed by atoms with Gasteiger partial charge in [0.25, 0.3) is 0 Å². The minimum absolute atomic E-state index is 0.154. The zero-order valence-corrected chi connectivity index (χ0v) is 14.4. The Hall–Kier alpha value is -2.23. The third-order valence-corrected chi connectivity index (χ3v) is 4.02. The van der Waals surface area contributed by atoms with Crippen LogP contribution in [-0.4, -0.2) is 30.4 Å². The highest BCUT2D eigenvalue weighted by atomic mass is 79.9. The topological polar surface area (TPSA) is 108 Å². The molecule has 0 aliphatic heterocycles. The van der Waals surface area contributed by atoms with Gasteiger partial charge in [0.15, 0.2) is 0 Å². The van der Waals surface area contributed by atoms with Gasteiger partial charge in [0, 0.05) is 13.0 Å². The van der Waals surface area contributed by atoms with E-state index in [9.17, 15) is 14.9 Å². The van der Waals surface area contributed by atoms with Gasteiger partial charge in [-0.25, -0.2) is 0 Å². The first-order valence-corrected chi connectivity index (χ1v) is 7.87. The van der Waals surface area contributed by atoms with E-state index in [1.165, 1.54) is 10.7 Å². The van der Waals surface area contributed by atoms with Crippen molar-refractivity contribution >= 4 is 27.7 Å². The molecule has 124 valence electrons. The maximum absolute atomic E-state index is 11.9. The van der Waals surface area contributed by atoms with Crippen molar-refractivity contribution in [3.63, 3.8) is 0 Å². The van der Waals surface area contributed by atoms with Crippen LogP contribution in [0.15, 0.2) is 16.7 Å². The average Bonchev–Trinajstić information content (AvgIpc) is 3.06. The fourth-order valence-electron chi connectivity index (χ4n) is 2.12. The van der Waals surface area contributed by atoms with Crippen LogP contribution in [0, 0.1) is 17.0 Å². The van der Waals surface area contributed by atoms with E-state index in [4.69, 9.17) is 0 Å². The Morgan fingerprint density at radius 1 is 1.48 bits per heavy atom. The minimum atomic E-state index is -0.549. The Kier molecular flexibility index (Phi) is 5.48.